The van der Waals surface area contributed by atoms with E-state index in [1.807, 2.05) is 55.6 Å². The first-order chi connectivity index (χ1) is 12.9. The van der Waals surface area contributed by atoms with E-state index in [9.17, 15) is 14.4 Å². The van der Waals surface area contributed by atoms with E-state index >= 15 is 0 Å². The van der Waals surface area contributed by atoms with Crippen LogP contribution in [-0.4, -0.2) is 23.8 Å². The molecule has 2 fully saturated rings. The molecule has 27 heavy (non-hydrogen) atoms. The molecule has 1 spiro atoms. The van der Waals surface area contributed by atoms with Crippen molar-refractivity contribution in [3.8, 4) is 0 Å². The third-order valence-corrected chi connectivity index (χ3v) is 6.22. The summed E-state index contributed by atoms with van der Waals surface area (Å²) < 4.78 is 0. The summed E-state index contributed by atoms with van der Waals surface area (Å²) >= 11 is 0. The molecule has 0 aromatic heterocycles. The molecule has 0 bridgehead atoms. The van der Waals surface area contributed by atoms with E-state index in [1.165, 1.54) is 4.90 Å². The number of rotatable bonds is 1. The number of anilines is 2. The number of aryl methyl sites for hydroxylation is 1. The average Bonchev–Trinajstić information content (AvgIpc) is 3.21. The highest BCUT2D eigenvalue weighted by Crippen LogP contribution is 2.49. The standard InChI is InChI=1S/C21H19N3O3/c1-11-7-9-13(10-8-11)24-18(25)16-12(2)23-21(17(16)19(24)26)14-5-3-4-6-15(14)22-20(21)27/h3-10,12,16-17,23H,1-2H3,(H,22,27)/p+1/t12-,16+,17-,21-/m1/s1. The van der Waals surface area contributed by atoms with Gasteiger partial charge in [-0.25, -0.2) is 4.90 Å². The molecule has 0 radical (unpaired) electrons. The SMILES string of the molecule is Cc1ccc(N2C(=O)[C@H]3[C@@H](C)[NH2+][C@@]4(C(=O)Nc5ccccc54)[C@H]3C2=O)cc1. The molecule has 5 rings (SSSR count). The number of hydrogen-bond acceptors (Lipinski definition) is 3. The Kier molecular flexibility index (Phi) is 3.16. The number of nitrogens with zero attached hydrogens (tertiary/aromatic N) is 1. The Hall–Kier alpha value is -2.99. The molecule has 0 saturated carbocycles. The van der Waals surface area contributed by atoms with Crippen molar-refractivity contribution >= 4 is 29.1 Å². The summed E-state index contributed by atoms with van der Waals surface area (Å²) in [7, 11) is 0. The van der Waals surface area contributed by atoms with Gasteiger partial charge in [-0.1, -0.05) is 35.9 Å². The van der Waals surface area contributed by atoms with Crippen molar-refractivity contribution in [2.24, 2.45) is 11.8 Å². The monoisotopic (exact) mass is 362 g/mol. The first kappa shape index (κ1) is 16.2. The van der Waals surface area contributed by atoms with Gasteiger partial charge in [0.1, 0.15) is 11.8 Å². The lowest BCUT2D eigenvalue weighted by atomic mass is 9.76. The van der Waals surface area contributed by atoms with E-state index in [-0.39, 0.29) is 23.8 Å². The number of carbonyl (C=O) groups excluding carboxylic acids is 3. The predicted molar refractivity (Wildman–Crippen MR) is 98.8 cm³/mol. The third-order valence-electron chi connectivity index (χ3n) is 6.22. The number of imide groups is 1. The average molecular weight is 362 g/mol. The summed E-state index contributed by atoms with van der Waals surface area (Å²) in [6.07, 6.45) is 0. The van der Waals surface area contributed by atoms with Crippen LogP contribution in [0.1, 0.15) is 18.1 Å². The number of benzene rings is 2. The number of amides is 3. The Balaban J connectivity index is 1.66. The van der Waals surface area contributed by atoms with Gasteiger partial charge in [-0.3, -0.25) is 14.4 Å². The highest BCUT2D eigenvalue weighted by Gasteiger charge is 2.73. The van der Waals surface area contributed by atoms with Gasteiger partial charge < -0.3 is 10.6 Å². The third kappa shape index (κ3) is 1.91. The zero-order valence-electron chi connectivity index (χ0n) is 15.1. The van der Waals surface area contributed by atoms with Gasteiger partial charge in [-0.05, 0) is 32.0 Å². The number of carbonyl (C=O) groups is 3. The molecule has 3 aliphatic rings. The molecule has 4 atom stereocenters. The summed E-state index contributed by atoms with van der Waals surface area (Å²) in [5.41, 5.74) is 2.06. The maximum absolute atomic E-state index is 13.4. The predicted octanol–water partition coefficient (Wildman–Crippen LogP) is 0.914. The highest BCUT2D eigenvalue weighted by molar-refractivity contribution is 6.25. The maximum Gasteiger partial charge on any atom is 0.291 e. The fraction of sp³-hybridized carbons (Fsp3) is 0.286. The molecule has 136 valence electrons. The van der Waals surface area contributed by atoms with E-state index in [2.05, 4.69) is 5.32 Å². The first-order valence-electron chi connectivity index (χ1n) is 9.16. The van der Waals surface area contributed by atoms with Crippen molar-refractivity contribution in [3.05, 3.63) is 59.7 Å². The van der Waals surface area contributed by atoms with Gasteiger partial charge in [-0.15, -0.1) is 0 Å². The number of hydrogen-bond donors (Lipinski definition) is 2. The Morgan fingerprint density at radius 3 is 2.44 bits per heavy atom. The smallest absolute Gasteiger partial charge is 0.291 e. The van der Waals surface area contributed by atoms with Crippen molar-refractivity contribution < 1.29 is 19.7 Å². The van der Waals surface area contributed by atoms with Crippen LogP contribution in [0.3, 0.4) is 0 Å². The van der Waals surface area contributed by atoms with Crippen LogP contribution in [0.2, 0.25) is 0 Å². The Morgan fingerprint density at radius 2 is 1.70 bits per heavy atom. The van der Waals surface area contributed by atoms with E-state index in [0.717, 1.165) is 16.8 Å². The number of nitrogens with one attached hydrogen (secondary N) is 1. The molecular weight excluding hydrogens is 342 g/mol. The Bertz CT molecular complexity index is 1000. The van der Waals surface area contributed by atoms with E-state index < -0.39 is 17.4 Å². The minimum Gasteiger partial charge on any atom is -0.326 e. The minimum atomic E-state index is -1.08. The number of quaternary nitrogens is 1. The van der Waals surface area contributed by atoms with Crippen molar-refractivity contribution in [2.75, 3.05) is 10.2 Å². The minimum absolute atomic E-state index is 0.168. The maximum atomic E-state index is 13.4. The van der Waals surface area contributed by atoms with Gasteiger partial charge in [0, 0.05) is 5.56 Å². The molecule has 6 heteroatoms. The van der Waals surface area contributed by atoms with E-state index in [0.29, 0.717) is 5.69 Å². The van der Waals surface area contributed by atoms with Crippen LogP contribution < -0.4 is 15.5 Å². The molecule has 6 nitrogen and oxygen atoms in total. The highest BCUT2D eigenvalue weighted by atomic mass is 16.2. The molecular formula is C21H20N3O3+. The van der Waals surface area contributed by atoms with E-state index in [4.69, 9.17) is 0 Å². The number of fused-ring (bicyclic) bond motifs is 4. The lowest BCUT2D eigenvalue weighted by Gasteiger charge is -2.25. The number of para-hydroxylation sites is 1. The summed E-state index contributed by atoms with van der Waals surface area (Å²) in [6, 6.07) is 14.6. The molecule has 3 aliphatic heterocycles. The van der Waals surface area contributed by atoms with Crippen LogP contribution in [0.4, 0.5) is 11.4 Å². The largest absolute Gasteiger partial charge is 0.326 e. The normalized spacial score (nSPS) is 31.4. The lowest BCUT2D eigenvalue weighted by molar-refractivity contribution is -0.730. The summed E-state index contributed by atoms with van der Waals surface area (Å²) in [5.74, 6) is -1.94. The van der Waals surface area contributed by atoms with Crippen LogP contribution in [-0.2, 0) is 19.9 Å². The zero-order chi connectivity index (χ0) is 18.9. The summed E-state index contributed by atoms with van der Waals surface area (Å²) in [4.78, 5) is 41.0. The Labute approximate surface area is 156 Å². The molecule has 3 amide bonds. The number of nitrogens with two attached hydrogens (primary N) is 1. The zero-order valence-corrected chi connectivity index (χ0v) is 15.1. The van der Waals surface area contributed by atoms with Gasteiger partial charge in [0.05, 0.1) is 17.4 Å². The molecule has 2 saturated heterocycles. The summed E-state index contributed by atoms with van der Waals surface area (Å²) in [6.45, 7) is 3.88. The second-order valence-electron chi connectivity index (χ2n) is 7.75. The summed E-state index contributed by atoms with van der Waals surface area (Å²) in [5, 5.41) is 4.82. The molecule has 2 aromatic rings. The molecule has 0 unspecified atom stereocenters. The molecule has 3 N–H and O–H groups in total. The Morgan fingerprint density at radius 1 is 1.00 bits per heavy atom. The van der Waals surface area contributed by atoms with Gasteiger partial charge in [0.15, 0.2) is 0 Å². The van der Waals surface area contributed by atoms with Gasteiger partial charge in [0.2, 0.25) is 17.4 Å². The van der Waals surface area contributed by atoms with Crippen molar-refractivity contribution in [1.82, 2.24) is 0 Å². The van der Waals surface area contributed by atoms with Crippen molar-refractivity contribution in [3.63, 3.8) is 0 Å². The quantitative estimate of drug-likeness (QED) is 0.740. The van der Waals surface area contributed by atoms with Gasteiger partial charge in [-0.2, -0.15) is 0 Å². The van der Waals surface area contributed by atoms with Crippen LogP contribution >= 0.6 is 0 Å². The second-order valence-corrected chi connectivity index (χ2v) is 7.75. The molecule has 0 aliphatic carbocycles. The van der Waals surface area contributed by atoms with Crippen molar-refractivity contribution in [1.29, 1.82) is 0 Å². The molecule has 2 aromatic carbocycles. The van der Waals surface area contributed by atoms with Crippen LogP contribution in [0.25, 0.3) is 0 Å². The topological polar surface area (TPSA) is 83.1 Å². The van der Waals surface area contributed by atoms with Crippen LogP contribution in [0, 0.1) is 18.8 Å². The second kappa shape index (κ2) is 5.27. The van der Waals surface area contributed by atoms with Crippen LogP contribution in [0.15, 0.2) is 48.5 Å². The van der Waals surface area contributed by atoms with Crippen molar-refractivity contribution in [2.45, 2.75) is 25.4 Å². The van der Waals surface area contributed by atoms with Gasteiger partial charge >= 0.3 is 0 Å². The fourth-order valence-electron chi connectivity index (χ4n) is 5.04. The first-order valence-corrected chi connectivity index (χ1v) is 9.16. The van der Waals surface area contributed by atoms with E-state index in [1.54, 1.807) is 12.1 Å². The van der Waals surface area contributed by atoms with Gasteiger partial charge in [0.25, 0.3) is 5.91 Å². The molecule has 3 heterocycles. The fourth-order valence-corrected chi connectivity index (χ4v) is 5.04. The van der Waals surface area contributed by atoms with Crippen LogP contribution in [0.5, 0.6) is 0 Å². The lowest BCUT2D eigenvalue weighted by Crippen LogP contribution is -2.98.